The summed E-state index contributed by atoms with van der Waals surface area (Å²) in [7, 11) is -9.31. The molecule has 0 heterocycles. The van der Waals surface area contributed by atoms with Gasteiger partial charge >= 0.3 is 67.1 Å². The van der Waals surface area contributed by atoms with Gasteiger partial charge in [-0.05, 0) is 0 Å². The van der Waals surface area contributed by atoms with Crippen LogP contribution in [0.15, 0.2) is 0 Å². The molecule has 0 radical (unpaired) electrons. The molecule has 0 aliphatic heterocycles. The van der Waals surface area contributed by atoms with E-state index in [1.165, 1.54) is 0 Å². The second-order valence-corrected chi connectivity index (χ2v) is 2.88. The molecule has 0 aliphatic rings. The Bertz CT molecular complexity index is 192. The SMILES string of the molecule is O=P(O)(O)O.O=S(=O)(O)O.[BaH2]. The fraction of sp³-hybridized carbons (Fsp3) is 0. The molecule has 0 amide bonds. The molecule has 0 bridgehead atoms. The molecule has 0 aromatic heterocycles. The summed E-state index contributed by atoms with van der Waals surface area (Å²) >= 11 is 0. The van der Waals surface area contributed by atoms with Crippen molar-refractivity contribution in [2.45, 2.75) is 0 Å². The first-order chi connectivity index (χ1) is 4.00. The van der Waals surface area contributed by atoms with Gasteiger partial charge in [0.25, 0.3) is 0 Å². The minimum atomic E-state index is -4.67. The molecule has 0 saturated carbocycles. The maximum absolute atomic E-state index is 8.88. The van der Waals surface area contributed by atoms with E-state index in [0.717, 1.165) is 0 Å². The molecule has 68 valence electrons. The molecule has 5 N–H and O–H groups in total. The first-order valence-corrected chi connectivity index (χ1v) is 4.44. The molecule has 0 unspecified atom stereocenters. The quantitative estimate of drug-likeness (QED) is 0.185. The summed E-state index contributed by atoms with van der Waals surface area (Å²) in [6.45, 7) is 0. The summed E-state index contributed by atoms with van der Waals surface area (Å²) in [5, 5.41) is 0. The van der Waals surface area contributed by atoms with Crippen molar-refractivity contribution in [3.8, 4) is 0 Å². The second kappa shape index (κ2) is 7.00. The van der Waals surface area contributed by atoms with Crippen molar-refractivity contribution >= 4 is 67.1 Å². The second-order valence-electron chi connectivity index (χ2n) is 0.961. The van der Waals surface area contributed by atoms with E-state index in [1.807, 2.05) is 0 Å². The molecule has 11 heteroatoms. The first kappa shape index (κ1) is 18.4. The van der Waals surface area contributed by atoms with Gasteiger partial charge in [-0.3, -0.25) is 9.11 Å². The number of rotatable bonds is 0. The van der Waals surface area contributed by atoms with Crippen LogP contribution in [-0.4, -0.2) is 81.1 Å². The molecular weight excluding hydrogens is 328 g/mol. The van der Waals surface area contributed by atoms with E-state index in [-0.39, 0.29) is 48.9 Å². The Balaban J connectivity index is -0.000000107. The number of phosphoric acid groups is 1. The van der Waals surface area contributed by atoms with Crippen molar-refractivity contribution in [1.29, 1.82) is 0 Å². The molecule has 8 nitrogen and oxygen atoms in total. The molecule has 0 spiro atoms. The molecule has 0 aliphatic carbocycles. The van der Waals surface area contributed by atoms with Gasteiger partial charge in [-0.15, -0.1) is 0 Å². The van der Waals surface area contributed by atoms with Crippen LogP contribution < -0.4 is 0 Å². The predicted molar refractivity (Wildman–Crippen MR) is 37.0 cm³/mol. The van der Waals surface area contributed by atoms with Crippen molar-refractivity contribution in [1.82, 2.24) is 0 Å². The van der Waals surface area contributed by atoms with Crippen LogP contribution in [0.3, 0.4) is 0 Å². The molecule has 0 saturated heterocycles. The third-order valence-corrected chi connectivity index (χ3v) is 0. The summed E-state index contributed by atoms with van der Waals surface area (Å²) in [4.78, 5) is 21.6. The van der Waals surface area contributed by atoms with E-state index in [2.05, 4.69) is 0 Å². The third kappa shape index (κ3) is 438. The van der Waals surface area contributed by atoms with Crippen LogP contribution in [0.4, 0.5) is 0 Å². The van der Waals surface area contributed by atoms with E-state index in [4.69, 9.17) is 36.8 Å². The molecule has 11 heavy (non-hydrogen) atoms. The number of hydrogen-bond donors (Lipinski definition) is 5. The average molecular weight is 335 g/mol. The Labute approximate surface area is 103 Å². The zero-order valence-electron chi connectivity index (χ0n) is 4.32. The summed E-state index contributed by atoms with van der Waals surface area (Å²) < 4.78 is 40.5. The van der Waals surface area contributed by atoms with Gasteiger partial charge < -0.3 is 14.7 Å². The van der Waals surface area contributed by atoms with Gasteiger partial charge in [0, 0.05) is 0 Å². The fourth-order valence-corrected chi connectivity index (χ4v) is 0. The Morgan fingerprint density at radius 3 is 1.00 bits per heavy atom. The van der Waals surface area contributed by atoms with Gasteiger partial charge in [0.2, 0.25) is 0 Å². The van der Waals surface area contributed by atoms with E-state index in [9.17, 15) is 0 Å². The Morgan fingerprint density at radius 1 is 1.00 bits per heavy atom. The van der Waals surface area contributed by atoms with Crippen molar-refractivity contribution in [3.63, 3.8) is 0 Å². The Kier molecular flexibility index (Phi) is 11.7. The summed E-state index contributed by atoms with van der Waals surface area (Å²) in [5.74, 6) is 0. The van der Waals surface area contributed by atoms with Crippen LogP contribution in [0.2, 0.25) is 0 Å². The van der Waals surface area contributed by atoms with Crippen LogP contribution in [0.25, 0.3) is 0 Å². The standard InChI is InChI=1S/Ba.H3O4P.H2O4S.2H/c;2*1-5(2,3)4;;/h;(H3,1,2,3,4);(H2,1,2,3,4);;. The van der Waals surface area contributed by atoms with Gasteiger partial charge in [0.15, 0.2) is 0 Å². The molecule has 0 rings (SSSR count). The summed E-state index contributed by atoms with van der Waals surface area (Å²) in [5.41, 5.74) is 0. The zero-order chi connectivity index (χ0) is 9.00. The first-order valence-electron chi connectivity index (χ1n) is 1.48. The van der Waals surface area contributed by atoms with Crippen molar-refractivity contribution < 1.29 is 36.8 Å². The normalized spacial score (nSPS) is 10.6. The average Bonchev–Trinajstić information content (AvgIpc) is 1.12. The van der Waals surface area contributed by atoms with Gasteiger partial charge in [-0.2, -0.15) is 8.42 Å². The summed E-state index contributed by atoms with van der Waals surface area (Å²) in [6, 6.07) is 0. The van der Waals surface area contributed by atoms with Crippen LogP contribution in [0.5, 0.6) is 0 Å². The van der Waals surface area contributed by atoms with Crippen LogP contribution in [-0.2, 0) is 15.0 Å². The van der Waals surface area contributed by atoms with Gasteiger partial charge in [0.1, 0.15) is 0 Å². The molecule has 0 aromatic rings. The monoisotopic (exact) mass is 336 g/mol. The van der Waals surface area contributed by atoms with Gasteiger partial charge in [-0.25, -0.2) is 4.57 Å². The topological polar surface area (TPSA) is 152 Å². The van der Waals surface area contributed by atoms with Crippen molar-refractivity contribution in [3.05, 3.63) is 0 Å². The van der Waals surface area contributed by atoms with E-state index in [0.29, 0.717) is 0 Å². The van der Waals surface area contributed by atoms with E-state index < -0.39 is 18.2 Å². The van der Waals surface area contributed by atoms with Gasteiger partial charge in [-0.1, -0.05) is 0 Å². The summed E-state index contributed by atoms with van der Waals surface area (Å²) in [6.07, 6.45) is 0. The molecule has 0 atom stereocenters. The van der Waals surface area contributed by atoms with Gasteiger partial charge in [0.05, 0.1) is 0 Å². The maximum atomic E-state index is 8.88. The Morgan fingerprint density at radius 2 is 1.00 bits per heavy atom. The van der Waals surface area contributed by atoms with Crippen molar-refractivity contribution in [2.24, 2.45) is 0 Å². The third-order valence-electron chi connectivity index (χ3n) is 0. The van der Waals surface area contributed by atoms with Crippen LogP contribution >= 0.6 is 7.82 Å². The fourth-order valence-electron chi connectivity index (χ4n) is 0. The van der Waals surface area contributed by atoms with E-state index in [1.54, 1.807) is 0 Å². The predicted octanol–water partition coefficient (Wildman–Crippen LogP) is -2.50. The van der Waals surface area contributed by atoms with Crippen LogP contribution in [0.1, 0.15) is 0 Å². The molecule has 0 fully saturated rings. The van der Waals surface area contributed by atoms with Crippen LogP contribution in [0, 0.1) is 0 Å². The van der Waals surface area contributed by atoms with E-state index >= 15 is 0 Å². The zero-order valence-corrected chi connectivity index (χ0v) is 6.03. The number of hydrogen-bond acceptors (Lipinski definition) is 3. The molecule has 0 aromatic carbocycles. The minimum absolute atomic E-state index is 0. The van der Waals surface area contributed by atoms with Crippen molar-refractivity contribution in [2.75, 3.05) is 0 Å². The molecular formula is H7BaO8PS. The Hall–Kier alpha value is 1.55.